The summed E-state index contributed by atoms with van der Waals surface area (Å²) in [7, 11) is 1.60. The van der Waals surface area contributed by atoms with Crippen LogP contribution in [0.1, 0.15) is 12.5 Å². The van der Waals surface area contributed by atoms with Gasteiger partial charge in [-0.05, 0) is 36.8 Å². The summed E-state index contributed by atoms with van der Waals surface area (Å²) in [6.45, 7) is 2.39. The third kappa shape index (κ3) is 3.48. The van der Waals surface area contributed by atoms with Gasteiger partial charge in [0.2, 0.25) is 0 Å². The van der Waals surface area contributed by atoms with E-state index in [-0.39, 0.29) is 12.6 Å². The zero-order valence-corrected chi connectivity index (χ0v) is 12.2. The molecule has 1 aromatic carbocycles. The predicted molar refractivity (Wildman–Crippen MR) is 79.2 cm³/mol. The van der Waals surface area contributed by atoms with E-state index in [4.69, 9.17) is 21.7 Å². The summed E-state index contributed by atoms with van der Waals surface area (Å²) in [6, 6.07) is 7.41. The van der Waals surface area contributed by atoms with Crippen molar-refractivity contribution in [3.05, 3.63) is 41.1 Å². The standard InChI is InChI=1S/C14H16N2O3S/c1-9-12(7-15-14(20)16-9)13(17)19-8-10-4-3-5-11(6-10)18-2/h3-6H,7-8H2,1-2H3,(H2,15,16,20). The predicted octanol–water partition coefficient (Wildman–Crippen LogP) is 1.49. The average molecular weight is 292 g/mol. The Morgan fingerprint density at radius 1 is 1.45 bits per heavy atom. The molecule has 2 N–H and O–H groups in total. The zero-order chi connectivity index (χ0) is 14.5. The Labute approximate surface area is 123 Å². The number of ether oxygens (including phenoxy) is 2. The Morgan fingerprint density at radius 3 is 2.95 bits per heavy atom. The molecule has 0 atom stereocenters. The smallest absolute Gasteiger partial charge is 0.337 e. The van der Waals surface area contributed by atoms with E-state index in [1.165, 1.54) is 0 Å². The van der Waals surface area contributed by atoms with E-state index in [0.29, 0.717) is 17.2 Å². The van der Waals surface area contributed by atoms with Gasteiger partial charge in [0.15, 0.2) is 5.11 Å². The molecule has 6 heteroatoms. The van der Waals surface area contributed by atoms with Crippen molar-refractivity contribution in [2.24, 2.45) is 0 Å². The number of allylic oxidation sites excluding steroid dienone is 1. The maximum Gasteiger partial charge on any atom is 0.337 e. The van der Waals surface area contributed by atoms with E-state index in [2.05, 4.69) is 10.6 Å². The van der Waals surface area contributed by atoms with Gasteiger partial charge in [0.05, 0.1) is 19.2 Å². The molecule has 1 aliphatic rings. The second kappa shape index (κ2) is 6.38. The third-order valence-corrected chi connectivity index (χ3v) is 3.18. The molecule has 0 aliphatic carbocycles. The quantitative estimate of drug-likeness (QED) is 0.648. The monoisotopic (exact) mass is 292 g/mol. The SMILES string of the molecule is COc1cccc(COC(=O)C2=C(C)NC(=S)NC2)c1. The molecule has 2 rings (SSSR count). The van der Waals surface area contributed by atoms with Gasteiger partial charge in [0, 0.05) is 5.70 Å². The molecule has 5 nitrogen and oxygen atoms in total. The van der Waals surface area contributed by atoms with Crippen LogP contribution >= 0.6 is 12.2 Å². The second-order valence-corrected chi connectivity index (χ2v) is 4.75. The first-order valence-corrected chi connectivity index (χ1v) is 6.55. The minimum atomic E-state index is -0.354. The summed E-state index contributed by atoms with van der Waals surface area (Å²) in [6.07, 6.45) is 0. The highest BCUT2D eigenvalue weighted by Crippen LogP contribution is 2.14. The van der Waals surface area contributed by atoms with Crippen LogP contribution in [0.15, 0.2) is 35.5 Å². The van der Waals surface area contributed by atoms with Crippen LogP contribution in [0.3, 0.4) is 0 Å². The maximum atomic E-state index is 12.0. The molecule has 20 heavy (non-hydrogen) atoms. The summed E-state index contributed by atoms with van der Waals surface area (Å²) in [5.74, 6) is 0.383. The van der Waals surface area contributed by atoms with Crippen molar-refractivity contribution in [3.8, 4) is 5.75 Å². The fourth-order valence-electron chi connectivity index (χ4n) is 1.81. The Hall–Kier alpha value is -2.08. The Kier molecular flexibility index (Phi) is 4.57. The number of thiocarbonyl (C=S) groups is 1. The Bertz CT molecular complexity index is 569. The number of rotatable bonds is 4. The van der Waals surface area contributed by atoms with Crippen LogP contribution < -0.4 is 15.4 Å². The largest absolute Gasteiger partial charge is 0.497 e. The average Bonchev–Trinajstić information content (AvgIpc) is 2.45. The topological polar surface area (TPSA) is 59.6 Å². The van der Waals surface area contributed by atoms with Gasteiger partial charge in [0.1, 0.15) is 12.4 Å². The van der Waals surface area contributed by atoms with Crippen molar-refractivity contribution < 1.29 is 14.3 Å². The molecule has 0 saturated carbocycles. The lowest BCUT2D eigenvalue weighted by molar-refractivity contribution is -0.140. The van der Waals surface area contributed by atoms with Crippen molar-refractivity contribution in [1.82, 2.24) is 10.6 Å². The van der Waals surface area contributed by atoms with Crippen LogP contribution in [0.2, 0.25) is 0 Å². The summed E-state index contributed by atoms with van der Waals surface area (Å²) in [4.78, 5) is 12.0. The fourth-order valence-corrected chi connectivity index (χ4v) is 2.04. The Balaban J connectivity index is 1.98. The van der Waals surface area contributed by atoms with Gasteiger partial charge in [-0.2, -0.15) is 0 Å². The van der Waals surface area contributed by atoms with Crippen LogP contribution in [-0.2, 0) is 16.1 Å². The fraction of sp³-hybridized carbons (Fsp3) is 0.286. The first kappa shape index (κ1) is 14.3. The van der Waals surface area contributed by atoms with Crippen LogP contribution in [-0.4, -0.2) is 24.7 Å². The van der Waals surface area contributed by atoms with E-state index >= 15 is 0 Å². The van der Waals surface area contributed by atoms with Gasteiger partial charge in [-0.3, -0.25) is 0 Å². The summed E-state index contributed by atoms with van der Waals surface area (Å²) >= 11 is 4.97. The van der Waals surface area contributed by atoms with Gasteiger partial charge in [0.25, 0.3) is 0 Å². The maximum absolute atomic E-state index is 12.0. The van der Waals surface area contributed by atoms with Crippen molar-refractivity contribution in [2.45, 2.75) is 13.5 Å². The molecule has 0 spiro atoms. The van der Waals surface area contributed by atoms with Gasteiger partial charge < -0.3 is 20.1 Å². The third-order valence-electron chi connectivity index (χ3n) is 2.93. The summed E-state index contributed by atoms with van der Waals surface area (Å²) in [5, 5.41) is 6.33. The van der Waals surface area contributed by atoms with E-state index in [0.717, 1.165) is 17.0 Å². The number of esters is 1. The first-order chi connectivity index (χ1) is 9.60. The lowest BCUT2D eigenvalue weighted by atomic mass is 10.2. The molecule has 0 bridgehead atoms. The zero-order valence-electron chi connectivity index (χ0n) is 11.4. The van der Waals surface area contributed by atoms with Crippen molar-refractivity contribution in [1.29, 1.82) is 0 Å². The first-order valence-electron chi connectivity index (χ1n) is 6.15. The van der Waals surface area contributed by atoms with Gasteiger partial charge >= 0.3 is 5.97 Å². The molecule has 0 unspecified atom stereocenters. The van der Waals surface area contributed by atoms with Gasteiger partial charge in [-0.25, -0.2) is 4.79 Å². The highest BCUT2D eigenvalue weighted by atomic mass is 32.1. The molecule has 1 aliphatic heterocycles. The molecule has 0 radical (unpaired) electrons. The number of methoxy groups -OCH3 is 1. The lowest BCUT2D eigenvalue weighted by Crippen LogP contribution is -2.42. The molecule has 0 fully saturated rings. The van der Waals surface area contributed by atoms with E-state index < -0.39 is 0 Å². The molecular formula is C14H16N2O3S. The summed E-state index contributed by atoms with van der Waals surface area (Å²) < 4.78 is 10.4. The van der Waals surface area contributed by atoms with Crippen LogP contribution in [0, 0.1) is 0 Å². The van der Waals surface area contributed by atoms with Gasteiger partial charge in [-0.15, -0.1) is 0 Å². The molecule has 1 aromatic rings. The minimum absolute atomic E-state index is 0.206. The highest BCUT2D eigenvalue weighted by Gasteiger charge is 2.19. The number of hydrogen-bond acceptors (Lipinski definition) is 4. The van der Waals surface area contributed by atoms with E-state index in [1.807, 2.05) is 24.3 Å². The van der Waals surface area contributed by atoms with Gasteiger partial charge in [-0.1, -0.05) is 12.1 Å². The summed E-state index contributed by atoms with van der Waals surface area (Å²) in [5.41, 5.74) is 2.16. The number of carbonyl (C=O) groups excluding carboxylic acids is 1. The molecule has 0 amide bonds. The molecule has 106 valence electrons. The van der Waals surface area contributed by atoms with E-state index in [9.17, 15) is 4.79 Å². The molecule has 1 heterocycles. The van der Waals surface area contributed by atoms with Crippen LogP contribution in [0.5, 0.6) is 5.75 Å². The number of hydrogen-bond donors (Lipinski definition) is 2. The Morgan fingerprint density at radius 2 is 2.25 bits per heavy atom. The number of benzene rings is 1. The lowest BCUT2D eigenvalue weighted by Gasteiger charge is -2.20. The number of nitrogens with one attached hydrogen (secondary N) is 2. The number of carbonyl (C=O) groups is 1. The molecule has 0 saturated heterocycles. The van der Waals surface area contributed by atoms with Crippen molar-refractivity contribution in [2.75, 3.05) is 13.7 Å². The minimum Gasteiger partial charge on any atom is -0.497 e. The molecular weight excluding hydrogens is 276 g/mol. The normalized spacial score (nSPS) is 14.4. The highest BCUT2D eigenvalue weighted by molar-refractivity contribution is 7.80. The van der Waals surface area contributed by atoms with E-state index in [1.54, 1.807) is 14.0 Å². The second-order valence-electron chi connectivity index (χ2n) is 4.34. The van der Waals surface area contributed by atoms with Crippen molar-refractivity contribution >= 4 is 23.3 Å². The van der Waals surface area contributed by atoms with Crippen molar-refractivity contribution in [3.63, 3.8) is 0 Å². The van der Waals surface area contributed by atoms with Crippen LogP contribution in [0.25, 0.3) is 0 Å². The van der Waals surface area contributed by atoms with Crippen LogP contribution in [0.4, 0.5) is 0 Å². The molecule has 0 aromatic heterocycles.